The summed E-state index contributed by atoms with van der Waals surface area (Å²) in [5.41, 5.74) is 5.27. The number of rotatable bonds is 1. The predicted molar refractivity (Wildman–Crippen MR) is 74.2 cm³/mol. The van der Waals surface area contributed by atoms with Gasteiger partial charge in [-0.2, -0.15) is 0 Å². The van der Waals surface area contributed by atoms with Gasteiger partial charge in [-0.1, -0.05) is 29.3 Å². The third-order valence-electron chi connectivity index (χ3n) is 2.12. The molecule has 0 aliphatic rings. The minimum atomic E-state index is -1.35. The van der Waals surface area contributed by atoms with Crippen molar-refractivity contribution in [3.63, 3.8) is 0 Å². The number of nitrogens with two attached hydrogens (primary N) is 1. The summed E-state index contributed by atoms with van der Waals surface area (Å²) in [4.78, 5) is 10.3. The highest BCUT2D eigenvalue weighted by Crippen LogP contribution is 2.18. The van der Waals surface area contributed by atoms with E-state index in [2.05, 4.69) is 0 Å². The maximum atomic E-state index is 12.6. The standard InChI is InChI=1S/C7H4ClFO2.C6H5ClFN/c8-4-2-1-3-5(9)6(4)7(10)11;7-5-3-4(9)1-2-6(5)8/h1-3H,(H,10,11);1-3H,9H2. The number of nitrogen functional groups attached to an aromatic ring is 1. The molecule has 0 bridgehead atoms. The zero-order valence-corrected chi connectivity index (χ0v) is 11.4. The molecule has 3 N–H and O–H groups in total. The van der Waals surface area contributed by atoms with Crippen LogP contribution in [0.25, 0.3) is 0 Å². The number of carbonyl (C=O) groups is 1. The Morgan fingerprint density at radius 3 is 2.10 bits per heavy atom. The van der Waals surface area contributed by atoms with Gasteiger partial charge in [0.05, 0.1) is 10.0 Å². The van der Waals surface area contributed by atoms with Gasteiger partial charge >= 0.3 is 5.97 Å². The second-order valence-corrected chi connectivity index (χ2v) is 4.39. The van der Waals surface area contributed by atoms with Crippen molar-refractivity contribution in [1.29, 1.82) is 0 Å². The summed E-state index contributed by atoms with van der Waals surface area (Å²) in [6.45, 7) is 0. The van der Waals surface area contributed by atoms with E-state index >= 15 is 0 Å². The average Bonchev–Trinajstić information content (AvgIpc) is 2.34. The van der Waals surface area contributed by atoms with Gasteiger partial charge in [-0.15, -0.1) is 0 Å². The van der Waals surface area contributed by atoms with Gasteiger partial charge in [0.25, 0.3) is 0 Å². The molecule has 3 nitrogen and oxygen atoms in total. The Hall–Kier alpha value is -1.85. The van der Waals surface area contributed by atoms with E-state index in [0.717, 1.165) is 6.07 Å². The normalized spacial score (nSPS) is 9.60. The van der Waals surface area contributed by atoms with Gasteiger partial charge in [0.15, 0.2) is 0 Å². The maximum absolute atomic E-state index is 12.6. The molecule has 0 fully saturated rings. The van der Waals surface area contributed by atoms with Crippen LogP contribution in [0.15, 0.2) is 36.4 Å². The van der Waals surface area contributed by atoms with Crippen LogP contribution in [-0.4, -0.2) is 11.1 Å². The van der Waals surface area contributed by atoms with Crippen LogP contribution in [0.5, 0.6) is 0 Å². The van der Waals surface area contributed by atoms with Gasteiger partial charge in [-0.3, -0.25) is 0 Å². The van der Waals surface area contributed by atoms with E-state index in [1.165, 1.54) is 30.3 Å². The third kappa shape index (κ3) is 4.36. The fourth-order valence-electron chi connectivity index (χ4n) is 1.21. The second-order valence-electron chi connectivity index (χ2n) is 3.58. The SMILES string of the molecule is Nc1ccc(F)c(Cl)c1.O=C(O)c1c(F)cccc1Cl. The Morgan fingerprint density at radius 1 is 1.05 bits per heavy atom. The van der Waals surface area contributed by atoms with E-state index < -0.39 is 23.2 Å². The van der Waals surface area contributed by atoms with Crippen molar-refractivity contribution in [1.82, 2.24) is 0 Å². The Balaban J connectivity index is 0.000000204. The zero-order chi connectivity index (χ0) is 15.3. The van der Waals surface area contributed by atoms with Crippen LogP contribution in [0.2, 0.25) is 10.0 Å². The van der Waals surface area contributed by atoms with Gasteiger partial charge in [0, 0.05) is 5.69 Å². The molecule has 0 aromatic heterocycles. The first-order chi connectivity index (χ1) is 9.32. The Kier molecular flexibility index (Phi) is 5.73. The molecule has 2 aromatic rings. The van der Waals surface area contributed by atoms with E-state index in [-0.39, 0.29) is 10.0 Å². The molecule has 2 aromatic carbocycles. The summed E-state index contributed by atoms with van der Waals surface area (Å²) in [6.07, 6.45) is 0. The van der Waals surface area contributed by atoms with Gasteiger partial charge in [0.2, 0.25) is 0 Å². The molecule has 0 aliphatic carbocycles. The lowest BCUT2D eigenvalue weighted by Crippen LogP contribution is -2.00. The molecular formula is C13H9Cl2F2NO2. The van der Waals surface area contributed by atoms with Crippen molar-refractivity contribution in [3.05, 3.63) is 63.6 Å². The second kappa shape index (κ2) is 7.07. The van der Waals surface area contributed by atoms with Gasteiger partial charge in [-0.05, 0) is 30.3 Å². The number of carboxylic acid groups (broad SMARTS) is 1. The largest absolute Gasteiger partial charge is 0.478 e. The van der Waals surface area contributed by atoms with Gasteiger partial charge < -0.3 is 10.8 Å². The smallest absolute Gasteiger partial charge is 0.340 e. The van der Waals surface area contributed by atoms with Crippen LogP contribution < -0.4 is 5.73 Å². The van der Waals surface area contributed by atoms with Crippen LogP contribution in [0.1, 0.15) is 10.4 Å². The van der Waals surface area contributed by atoms with E-state index in [1.807, 2.05) is 0 Å². The molecule has 0 aliphatic heterocycles. The summed E-state index contributed by atoms with van der Waals surface area (Å²) in [5.74, 6) is -2.61. The van der Waals surface area contributed by atoms with Crippen molar-refractivity contribution in [3.8, 4) is 0 Å². The summed E-state index contributed by atoms with van der Waals surface area (Å²) in [5, 5.41) is 8.40. The Labute approximate surface area is 123 Å². The molecule has 7 heteroatoms. The van der Waals surface area contributed by atoms with Crippen LogP contribution in [0, 0.1) is 11.6 Å². The van der Waals surface area contributed by atoms with Crippen LogP contribution in [0.3, 0.4) is 0 Å². The molecule has 2 rings (SSSR count). The number of carboxylic acids is 1. The maximum Gasteiger partial charge on any atom is 0.340 e. The van der Waals surface area contributed by atoms with Gasteiger partial charge in [-0.25, -0.2) is 13.6 Å². The third-order valence-corrected chi connectivity index (χ3v) is 2.72. The van der Waals surface area contributed by atoms with Crippen LogP contribution >= 0.6 is 23.2 Å². The number of aromatic carboxylic acids is 1. The van der Waals surface area contributed by atoms with E-state index in [9.17, 15) is 13.6 Å². The quantitative estimate of drug-likeness (QED) is 0.773. The van der Waals surface area contributed by atoms with Crippen molar-refractivity contribution in [2.24, 2.45) is 0 Å². The number of hydrogen-bond acceptors (Lipinski definition) is 2. The zero-order valence-electron chi connectivity index (χ0n) is 9.91. The highest BCUT2D eigenvalue weighted by Gasteiger charge is 2.13. The fraction of sp³-hybridized carbons (Fsp3) is 0. The van der Waals surface area contributed by atoms with E-state index in [0.29, 0.717) is 5.69 Å². The molecule has 0 saturated carbocycles. The first-order valence-electron chi connectivity index (χ1n) is 5.20. The van der Waals surface area contributed by atoms with Gasteiger partial charge in [0.1, 0.15) is 17.2 Å². The molecule has 0 saturated heterocycles. The molecule has 20 heavy (non-hydrogen) atoms. The average molecular weight is 320 g/mol. The summed E-state index contributed by atoms with van der Waals surface area (Å²) in [7, 11) is 0. The first kappa shape index (κ1) is 16.2. The number of hydrogen-bond donors (Lipinski definition) is 2. The lowest BCUT2D eigenvalue weighted by atomic mass is 10.2. The predicted octanol–water partition coefficient (Wildman–Crippen LogP) is 4.24. The Morgan fingerprint density at radius 2 is 1.70 bits per heavy atom. The number of anilines is 1. The summed E-state index contributed by atoms with van der Waals surface area (Å²) >= 11 is 10.8. The van der Waals surface area contributed by atoms with Crippen molar-refractivity contribution >= 4 is 34.9 Å². The number of benzene rings is 2. The lowest BCUT2D eigenvalue weighted by molar-refractivity contribution is 0.0692. The molecule has 0 atom stereocenters. The highest BCUT2D eigenvalue weighted by atomic mass is 35.5. The van der Waals surface area contributed by atoms with Crippen LogP contribution in [0.4, 0.5) is 14.5 Å². The minimum Gasteiger partial charge on any atom is -0.478 e. The van der Waals surface area contributed by atoms with Crippen LogP contribution in [-0.2, 0) is 0 Å². The minimum absolute atomic E-state index is 0.0648. The first-order valence-corrected chi connectivity index (χ1v) is 5.96. The van der Waals surface area contributed by atoms with Crippen molar-refractivity contribution in [2.75, 3.05) is 5.73 Å². The summed E-state index contributed by atoms with van der Waals surface area (Å²) in [6, 6.07) is 7.79. The molecule has 0 spiro atoms. The van der Waals surface area contributed by atoms with Crippen molar-refractivity contribution in [2.45, 2.75) is 0 Å². The molecule has 0 radical (unpaired) electrons. The fourth-order valence-corrected chi connectivity index (χ4v) is 1.65. The number of halogens is 4. The van der Waals surface area contributed by atoms with Crippen molar-refractivity contribution < 1.29 is 18.7 Å². The summed E-state index contributed by atoms with van der Waals surface area (Å²) < 4.78 is 24.9. The topological polar surface area (TPSA) is 63.3 Å². The molecule has 0 heterocycles. The molecular weight excluding hydrogens is 311 g/mol. The molecule has 0 amide bonds. The van der Waals surface area contributed by atoms with E-state index in [4.69, 9.17) is 34.0 Å². The van der Waals surface area contributed by atoms with E-state index in [1.54, 1.807) is 0 Å². The lowest BCUT2D eigenvalue weighted by Gasteiger charge is -1.97. The molecule has 106 valence electrons. The highest BCUT2D eigenvalue weighted by molar-refractivity contribution is 6.33. The Bertz CT molecular complexity index is 616. The molecule has 0 unspecified atom stereocenters. The monoisotopic (exact) mass is 319 g/mol.